The SMILES string of the molecule is Cc1cc(-c2cc(Cc3cc4c(=O)n([C@H]5CCOC[C@@H]5O)cnc4c4ccccc34)ccn2)ccn1. The lowest BCUT2D eigenvalue weighted by Gasteiger charge is -2.29. The number of pyridine rings is 2. The van der Waals surface area contributed by atoms with Crippen LogP contribution in [-0.4, -0.2) is 43.9 Å². The maximum absolute atomic E-state index is 13.6. The molecule has 1 N–H and O–H groups in total. The second-order valence-electron chi connectivity index (χ2n) is 9.34. The third-order valence-electron chi connectivity index (χ3n) is 6.94. The summed E-state index contributed by atoms with van der Waals surface area (Å²) in [4.78, 5) is 27.2. The van der Waals surface area contributed by atoms with Gasteiger partial charge in [0.1, 0.15) is 0 Å². The van der Waals surface area contributed by atoms with Gasteiger partial charge in [0.15, 0.2) is 0 Å². The van der Waals surface area contributed by atoms with Crippen molar-refractivity contribution in [2.24, 2.45) is 0 Å². The molecule has 1 aliphatic rings. The highest BCUT2D eigenvalue weighted by Gasteiger charge is 2.27. The summed E-state index contributed by atoms with van der Waals surface area (Å²) in [5.74, 6) is 0. The van der Waals surface area contributed by atoms with Crippen LogP contribution in [0.3, 0.4) is 0 Å². The minimum atomic E-state index is -0.734. The van der Waals surface area contributed by atoms with E-state index in [1.165, 1.54) is 0 Å². The summed E-state index contributed by atoms with van der Waals surface area (Å²) in [6.45, 7) is 2.70. The molecule has 1 saturated heterocycles. The van der Waals surface area contributed by atoms with Crippen molar-refractivity contribution in [2.75, 3.05) is 13.2 Å². The first kappa shape index (κ1) is 22.5. The molecule has 0 radical (unpaired) electrons. The first-order chi connectivity index (χ1) is 17.6. The molecule has 7 nitrogen and oxygen atoms in total. The van der Waals surface area contributed by atoms with Gasteiger partial charge in [0.05, 0.1) is 41.7 Å². The van der Waals surface area contributed by atoms with Crippen LogP contribution in [0.25, 0.3) is 32.9 Å². The Hall–Kier alpha value is -3.94. The fourth-order valence-corrected chi connectivity index (χ4v) is 5.13. The Morgan fingerprint density at radius 3 is 2.67 bits per heavy atom. The van der Waals surface area contributed by atoms with Crippen molar-refractivity contribution in [3.8, 4) is 11.3 Å². The molecular formula is C29H26N4O3. The molecule has 1 fully saturated rings. The Labute approximate surface area is 208 Å². The van der Waals surface area contributed by atoms with E-state index in [9.17, 15) is 9.90 Å². The van der Waals surface area contributed by atoms with Gasteiger partial charge in [-0.3, -0.25) is 19.3 Å². The number of aliphatic hydroxyl groups is 1. The van der Waals surface area contributed by atoms with Crippen molar-refractivity contribution in [1.29, 1.82) is 0 Å². The Balaban J connectivity index is 1.47. The number of hydrogen-bond donors (Lipinski definition) is 1. The zero-order valence-corrected chi connectivity index (χ0v) is 20.0. The number of fused-ring (bicyclic) bond motifs is 3. The van der Waals surface area contributed by atoms with Gasteiger partial charge >= 0.3 is 0 Å². The number of aryl methyl sites for hydroxylation is 1. The van der Waals surface area contributed by atoms with E-state index in [1.54, 1.807) is 17.1 Å². The van der Waals surface area contributed by atoms with Crippen molar-refractivity contribution >= 4 is 21.7 Å². The molecule has 7 heteroatoms. The molecule has 180 valence electrons. The molecule has 0 aliphatic carbocycles. The summed E-state index contributed by atoms with van der Waals surface area (Å²) in [7, 11) is 0. The van der Waals surface area contributed by atoms with Crippen LogP contribution in [0.4, 0.5) is 0 Å². The van der Waals surface area contributed by atoms with Gasteiger partial charge in [-0.2, -0.15) is 0 Å². The zero-order valence-electron chi connectivity index (χ0n) is 20.0. The van der Waals surface area contributed by atoms with E-state index in [1.807, 2.05) is 55.6 Å². The third kappa shape index (κ3) is 4.06. The normalized spacial score (nSPS) is 18.1. The highest BCUT2D eigenvalue weighted by molar-refractivity contribution is 6.06. The number of rotatable bonds is 4. The van der Waals surface area contributed by atoms with Crippen LogP contribution >= 0.6 is 0 Å². The number of benzene rings is 2. The first-order valence-electron chi connectivity index (χ1n) is 12.1. The Kier molecular flexibility index (Phi) is 5.79. The van der Waals surface area contributed by atoms with E-state index < -0.39 is 6.10 Å². The molecule has 1 aliphatic heterocycles. The molecule has 4 heterocycles. The van der Waals surface area contributed by atoms with Crippen molar-refractivity contribution in [3.05, 3.63) is 100 Å². The fraction of sp³-hybridized carbons (Fsp3) is 0.241. The summed E-state index contributed by atoms with van der Waals surface area (Å²) in [5.41, 5.74) is 5.54. The van der Waals surface area contributed by atoms with E-state index in [-0.39, 0.29) is 18.2 Å². The molecule has 0 unspecified atom stereocenters. The predicted octanol–water partition coefficient (Wildman–Crippen LogP) is 4.23. The van der Waals surface area contributed by atoms with Gasteiger partial charge in [-0.25, -0.2) is 4.98 Å². The van der Waals surface area contributed by atoms with Gasteiger partial charge in [-0.1, -0.05) is 24.3 Å². The maximum atomic E-state index is 13.6. The summed E-state index contributed by atoms with van der Waals surface area (Å²) in [6, 6.07) is 17.8. The Morgan fingerprint density at radius 2 is 1.83 bits per heavy atom. The molecular weight excluding hydrogens is 452 g/mol. The molecule has 2 aromatic carbocycles. The van der Waals surface area contributed by atoms with E-state index in [0.29, 0.717) is 30.4 Å². The van der Waals surface area contributed by atoms with Crippen LogP contribution in [0.5, 0.6) is 0 Å². The average molecular weight is 479 g/mol. The van der Waals surface area contributed by atoms with Crippen molar-refractivity contribution in [2.45, 2.75) is 31.9 Å². The molecule has 6 rings (SSSR count). The van der Waals surface area contributed by atoms with Gasteiger partial charge in [0.25, 0.3) is 5.56 Å². The van der Waals surface area contributed by atoms with Crippen LogP contribution in [0, 0.1) is 6.92 Å². The predicted molar refractivity (Wildman–Crippen MR) is 139 cm³/mol. The van der Waals surface area contributed by atoms with Crippen LogP contribution in [0.1, 0.15) is 29.3 Å². The summed E-state index contributed by atoms with van der Waals surface area (Å²) < 4.78 is 6.93. The minimum Gasteiger partial charge on any atom is -0.389 e. The molecule has 0 saturated carbocycles. The minimum absolute atomic E-state index is 0.138. The van der Waals surface area contributed by atoms with Gasteiger partial charge in [-0.15, -0.1) is 0 Å². The largest absolute Gasteiger partial charge is 0.389 e. The summed E-state index contributed by atoms with van der Waals surface area (Å²) in [6.07, 6.45) is 5.67. The average Bonchev–Trinajstić information content (AvgIpc) is 2.90. The second kappa shape index (κ2) is 9.26. The highest BCUT2D eigenvalue weighted by atomic mass is 16.5. The highest BCUT2D eigenvalue weighted by Crippen LogP contribution is 2.29. The van der Waals surface area contributed by atoms with Crippen molar-refractivity contribution in [3.63, 3.8) is 0 Å². The number of hydrogen-bond acceptors (Lipinski definition) is 6. The standard InChI is InChI=1S/C29H26N4O3/c1-18-12-20(7-10-30-18)25-14-19(6-9-31-25)13-21-15-24-28(23-5-3-2-4-22(21)23)32-17-33(29(24)35)26-8-11-36-16-27(26)34/h2-7,9-10,12,14-15,17,26-27,34H,8,11,13,16H2,1H3/t26-,27-/m0/s1. The third-order valence-corrected chi connectivity index (χ3v) is 6.94. The molecule has 0 spiro atoms. The van der Waals surface area contributed by atoms with Gasteiger partial charge in [0.2, 0.25) is 0 Å². The zero-order chi connectivity index (χ0) is 24.6. The molecule has 5 aromatic rings. The van der Waals surface area contributed by atoms with Gasteiger partial charge in [0, 0.05) is 35.6 Å². The van der Waals surface area contributed by atoms with Gasteiger partial charge < -0.3 is 9.84 Å². The molecule has 36 heavy (non-hydrogen) atoms. The molecule has 3 aromatic heterocycles. The Bertz CT molecular complexity index is 1650. The van der Waals surface area contributed by atoms with E-state index in [0.717, 1.165) is 38.9 Å². The number of aliphatic hydroxyl groups excluding tert-OH is 1. The van der Waals surface area contributed by atoms with Crippen molar-refractivity contribution < 1.29 is 9.84 Å². The van der Waals surface area contributed by atoms with Crippen LogP contribution in [0.15, 0.2) is 78.1 Å². The maximum Gasteiger partial charge on any atom is 0.261 e. The fourth-order valence-electron chi connectivity index (χ4n) is 5.13. The number of aromatic nitrogens is 4. The Morgan fingerprint density at radius 1 is 1.00 bits per heavy atom. The van der Waals surface area contributed by atoms with Crippen molar-refractivity contribution in [1.82, 2.24) is 19.5 Å². The van der Waals surface area contributed by atoms with E-state index >= 15 is 0 Å². The first-order valence-corrected chi connectivity index (χ1v) is 12.1. The van der Waals surface area contributed by atoms with Crippen LogP contribution in [0.2, 0.25) is 0 Å². The molecule has 0 bridgehead atoms. The molecule has 0 amide bonds. The lowest BCUT2D eigenvalue weighted by Crippen LogP contribution is -2.39. The smallest absolute Gasteiger partial charge is 0.261 e. The number of ether oxygens (including phenoxy) is 1. The quantitative estimate of drug-likeness (QED) is 0.389. The van der Waals surface area contributed by atoms with E-state index in [4.69, 9.17) is 4.74 Å². The number of nitrogens with zero attached hydrogens (tertiary/aromatic N) is 4. The van der Waals surface area contributed by atoms with Crippen LogP contribution < -0.4 is 5.56 Å². The van der Waals surface area contributed by atoms with Gasteiger partial charge in [-0.05, 0) is 66.6 Å². The summed E-state index contributed by atoms with van der Waals surface area (Å²) in [5, 5.41) is 13.0. The second-order valence-corrected chi connectivity index (χ2v) is 9.34. The monoisotopic (exact) mass is 478 g/mol. The molecule has 2 atom stereocenters. The summed E-state index contributed by atoms with van der Waals surface area (Å²) >= 11 is 0. The topological polar surface area (TPSA) is 90.1 Å². The lowest BCUT2D eigenvalue weighted by atomic mass is 9.95. The van der Waals surface area contributed by atoms with E-state index in [2.05, 4.69) is 27.1 Å². The lowest BCUT2D eigenvalue weighted by molar-refractivity contribution is -0.0395. The van der Waals surface area contributed by atoms with Crippen LogP contribution in [-0.2, 0) is 11.2 Å².